The van der Waals surface area contributed by atoms with Crippen molar-refractivity contribution in [2.45, 2.75) is 0 Å². The highest BCUT2D eigenvalue weighted by molar-refractivity contribution is 5.51. The molecule has 2 rings (SSSR count). The zero-order valence-corrected chi connectivity index (χ0v) is 11.9. The molecule has 1 N–H and O–H groups in total. The van der Waals surface area contributed by atoms with Crippen molar-refractivity contribution in [3.63, 3.8) is 0 Å². The van der Waals surface area contributed by atoms with Gasteiger partial charge < -0.3 is 15.0 Å². The van der Waals surface area contributed by atoms with Gasteiger partial charge in [-0.25, -0.2) is 4.98 Å². The van der Waals surface area contributed by atoms with Crippen molar-refractivity contribution < 1.29 is 9.66 Å². The molecule has 110 valence electrons. The van der Waals surface area contributed by atoms with E-state index in [2.05, 4.69) is 15.3 Å². The van der Waals surface area contributed by atoms with Crippen LogP contribution >= 0.6 is 0 Å². The smallest absolute Gasteiger partial charge is 0.349 e. The molecular formula is C13H15N5O3. The van der Waals surface area contributed by atoms with Crippen molar-refractivity contribution in [1.29, 1.82) is 0 Å². The van der Waals surface area contributed by atoms with E-state index in [-0.39, 0.29) is 17.5 Å². The number of rotatable bonds is 5. The fraction of sp³-hybridized carbons (Fsp3) is 0.231. The van der Waals surface area contributed by atoms with Gasteiger partial charge in [0.15, 0.2) is 0 Å². The Morgan fingerprint density at radius 2 is 2.14 bits per heavy atom. The van der Waals surface area contributed by atoms with Crippen LogP contribution in [0.25, 0.3) is 0 Å². The zero-order valence-electron chi connectivity index (χ0n) is 11.9. The monoisotopic (exact) mass is 289 g/mol. The first-order chi connectivity index (χ1) is 10.0. The molecule has 0 aliphatic rings. The van der Waals surface area contributed by atoms with E-state index in [0.717, 1.165) is 11.9 Å². The Labute approximate surface area is 121 Å². The van der Waals surface area contributed by atoms with Crippen molar-refractivity contribution in [3.8, 4) is 11.6 Å². The lowest BCUT2D eigenvalue weighted by molar-refractivity contribution is -0.386. The van der Waals surface area contributed by atoms with Crippen LogP contribution in [-0.4, -0.2) is 36.0 Å². The number of hydrogen-bond donors (Lipinski definition) is 1. The summed E-state index contributed by atoms with van der Waals surface area (Å²) in [5.41, 5.74) is 0.627. The molecule has 8 heteroatoms. The van der Waals surface area contributed by atoms with E-state index in [1.165, 1.54) is 0 Å². The highest BCUT2D eigenvalue weighted by Gasteiger charge is 2.19. The number of benzene rings is 1. The molecule has 0 amide bonds. The van der Waals surface area contributed by atoms with E-state index < -0.39 is 4.92 Å². The van der Waals surface area contributed by atoms with Crippen LogP contribution in [0.2, 0.25) is 0 Å². The third-order valence-corrected chi connectivity index (χ3v) is 2.70. The second-order valence-electron chi connectivity index (χ2n) is 4.38. The van der Waals surface area contributed by atoms with Gasteiger partial charge in [0, 0.05) is 32.9 Å². The topological polar surface area (TPSA) is 93.4 Å². The standard InChI is InChI=1S/C13H15N5O3/c1-14-13-15-8-11(18(19)20)12(16-13)21-10-6-4-5-9(7-10)17(2)3/h4-8H,1-3H3,(H,14,15,16). The lowest BCUT2D eigenvalue weighted by Gasteiger charge is -2.13. The van der Waals surface area contributed by atoms with Crippen LogP contribution in [0, 0.1) is 10.1 Å². The van der Waals surface area contributed by atoms with Crippen LogP contribution in [0.5, 0.6) is 11.6 Å². The van der Waals surface area contributed by atoms with Gasteiger partial charge >= 0.3 is 11.6 Å². The Balaban J connectivity index is 2.38. The van der Waals surface area contributed by atoms with Crippen molar-refractivity contribution in [2.24, 2.45) is 0 Å². The maximum absolute atomic E-state index is 11.0. The van der Waals surface area contributed by atoms with Crippen LogP contribution in [-0.2, 0) is 0 Å². The summed E-state index contributed by atoms with van der Waals surface area (Å²) in [6.45, 7) is 0. The Kier molecular flexibility index (Phi) is 4.17. The molecule has 0 saturated heterocycles. The van der Waals surface area contributed by atoms with Crippen molar-refractivity contribution in [2.75, 3.05) is 31.4 Å². The predicted molar refractivity (Wildman–Crippen MR) is 79.1 cm³/mol. The number of hydrogen-bond acceptors (Lipinski definition) is 7. The quantitative estimate of drug-likeness (QED) is 0.666. The highest BCUT2D eigenvalue weighted by Crippen LogP contribution is 2.30. The first-order valence-corrected chi connectivity index (χ1v) is 6.15. The average molecular weight is 289 g/mol. The van der Waals surface area contributed by atoms with Gasteiger partial charge in [0.2, 0.25) is 5.95 Å². The summed E-state index contributed by atoms with van der Waals surface area (Å²) in [6, 6.07) is 7.18. The Hall–Kier alpha value is -2.90. The van der Waals surface area contributed by atoms with E-state index in [4.69, 9.17) is 4.74 Å². The number of nitrogens with one attached hydrogen (secondary N) is 1. The minimum atomic E-state index is -0.579. The molecule has 0 atom stereocenters. The lowest BCUT2D eigenvalue weighted by Crippen LogP contribution is -2.08. The number of ether oxygens (including phenoxy) is 1. The van der Waals surface area contributed by atoms with Crippen molar-refractivity contribution >= 4 is 17.3 Å². The molecule has 0 saturated carbocycles. The molecule has 1 aromatic carbocycles. The minimum absolute atomic E-state index is 0.102. The number of anilines is 2. The van der Waals surface area contributed by atoms with Crippen LogP contribution < -0.4 is 15.0 Å². The molecule has 1 aromatic heterocycles. The van der Waals surface area contributed by atoms with Gasteiger partial charge in [-0.1, -0.05) is 6.07 Å². The summed E-state index contributed by atoms with van der Waals surface area (Å²) in [4.78, 5) is 20.1. The SMILES string of the molecule is CNc1ncc([N+](=O)[O-])c(Oc2cccc(N(C)C)c2)n1. The summed E-state index contributed by atoms with van der Waals surface area (Å²) >= 11 is 0. The normalized spacial score (nSPS) is 10.0. The van der Waals surface area contributed by atoms with Crippen LogP contribution in [0.4, 0.5) is 17.3 Å². The van der Waals surface area contributed by atoms with Crippen LogP contribution in [0.15, 0.2) is 30.5 Å². The fourth-order valence-electron chi connectivity index (χ4n) is 1.62. The van der Waals surface area contributed by atoms with Crippen LogP contribution in [0.1, 0.15) is 0 Å². The van der Waals surface area contributed by atoms with Gasteiger partial charge in [-0.3, -0.25) is 10.1 Å². The Morgan fingerprint density at radius 1 is 1.38 bits per heavy atom. The summed E-state index contributed by atoms with van der Waals surface area (Å²) in [5, 5.41) is 13.7. The summed E-state index contributed by atoms with van der Waals surface area (Å²) in [7, 11) is 5.41. The molecule has 0 unspecified atom stereocenters. The molecule has 0 fully saturated rings. The van der Waals surface area contributed by atoms with Gasteiger partial charge in [0.05, 0.1) is 4.92 Å². The van der Waals surface area contributed by atoms with E-state index in [1.54, 1.807) is 25.2 Å². The van der Waals surface area contributed by atoms with Crippen LogP contribution in [0.3, 0.4) is 0 Å². The summed E-state index contributed by atoms with van der Waals surface area (Å²) in [6.07, 6.45) is 1.12. The van der Waals surface area contributed by atoms with Gasteiger partial charge in [-0.05, 0) is 12.1 Å². The first kappa shape index (κ1) is 14.5. The van der Waals surface area contributed by atoms with Gasteiger partial charge in [0.25, 0.3) is 0 Å². The van der Waals surface area contributed by atoms with E-state index >= 15 is 0 Å². The molecule has 0 radical (unpaired) electrons. The van der Waals surface area contributed by atoms with Gasteiger partial charge in [-0.2, -0.15) is 4.98 Å². The maximum atomic E-state index is 11.0. The third kappa shape index (κ3) is 3.35. The zero-order chi connectivity index (χ0) is 15.4. The number of nitrogens with zero attached hydrogens (tertiary/aromatic N) is 4. The third-order valence-electron chi connectivity index (χ3n) is 2.70. The number of aromatic nitrogens is 2. The summed E-state index contributed by atoms with van der Waals surface area (Å²) in [5.74, 6) is 0.611. The molecule has 0 aliphatic carbocycles. The minimum Gasteiger partial charge on any atom is -0.433 e. The largest absolute Gasteiger partial charge is 0.433 e. The fourth-order valence-corrected chi connectivity index (χ4v) is 1.62. The van der Waals surface area contributed by atoms with E-state index in [0.29, 0.717) is 5.75 Å². The van der Waals surface area contributed by atoms with Crippen molar-refractivity contribution in [3.05, 3.63) is 40.6 Å². The molecule has 0 aliphatic heterocycles. The molecule has 1 heterocycles. The molecule has 2 aromatic rings. The van der Waals surface area contributed by atoms with E-state index in [9.17, 15) is 10.1 Å². The first-order valence-electron chi connectivity index (χ1n) is 6.15. The Bertz CT molecular complexity index is 660. The second-order valence-corrected chi connectivity index (χ2v) is 4.38. The molecule has 0 bridgehead atoms. The van der Waals surface area contributed by atoms with E-state index in [1.807, 2.05) is 25.1 Å². The summed E-state index contributed by atoms with van der Waals surface area (Å²) < 4.78 is 5.54. The van der Waals surface area contributed by atoms with Gasteiger partial charge in [0.1, 0.15) is 11.9 Å². The molecule has 8 nitrogen and oxygen atoms in total. The Morgan fingerprint density at radius 3 is 2.76 bits per heavy atom. The molecular weight excluding hydrogens is 274 g/mol. The predicted octanol–water partition coefficient (Wildman–Crippen LogP) is 2.28. The van der Waals surface area contributed by atoms with Gasteiger partial charge in [-0.15, -0.1) is 0 Å². The highest BCUT2D eigenvalue weighted by atomic mass is 16.6. The second kappa shape index (κ2) is 6.04. The lowest BCUT2D eigenvalue weighted by atomic mass is 10.3. The molecule has 21 heavy (non-hydrogen) atoms. The maximum Gasteiger partial charge on any atom is 0.349 e. The number of nitro groups is 1. The average Bonchev–Trinajstić information content (AvgIpc) is 2.47. The molecule has 0 spiro atoms. The van der Waals surface area contributed by atoms with Crippen molar-refractivity contribution in [1.82, 2.24) is 9.97 Å².